The van der Waals surface area contributed by atoms with Crippen molar-refractivity contribution in [3.63, 3.8) is 0 Å². The van der Waals surface area contributed by atoms with Gasteiger partial charge in [-0.15, -0.1) is 0 Å². The first-order chi connectivity index (χ1) is 19.6. The molecule has 0 saturated heterocycles. The minimum absolute atomic E-state index is 0.0498. The third-order valence-corrected chi connectivity index (χ3v) is 8.86. The van der Waals surface area contributed by atoms with Gasteiger partial charge in [0.15, 0.2) is 0 Å². The molecular weight excluding hydrogens is 538 g/mol. The summed E-state index contributed by atoms with van der Waals surface area (Å²) in [6.07, 6.45) is 1.64. The highest BCUT2D eigenvalue weighted by Crippen LogP contribution is 2.33. The molecule has 1 N–H and O–H groups in total. The van der Waals surface area contributed by atoms with Crippen molar-refractivity contribution in [3.8, 4) is 5.75 Å². The number of methoxy groups -OCH3 is 1. The Bertz CT molecular complexity index is 1400. The van der Waals surface area contributed by atoms with Gasteiger partial charge in [-0.2, -0.15) is 0 Å². The minimum Gasteiger partial charge on any atom is -0.495 e. The molecular formula is C32H41N3O5S. The molecule has 41 heavy (non-hydrogen) atoms. The lowest BCUT2D eigenvalue weighted by Gasteiger charge is -2.34. The number of carbonyl (C=O) groups excluding carboxylic acids is 2. The lowest BCUT2D eigenvalue weighted by Crippen LogP contribution is -2.54. The molecule has 2 atom stereocenters. The highest BCUT2D eigenvalue weighted by atomic mass is 32.2. The molecule has 2 amide bonds. The molecule has 220 valence electrons. The molecule has 9 heteroatoms. The van der Waals surface area contributed by atoms with Gasteiger partial charge in [-0.05, 0) is 68.5 Å². The maximum atomic E-state index is 14.2. The predicted molar refractivity (Wildman–Crippen MR) is 163 cm³/mol. The number of nitrogens with zero attached hydrogens (tertiary/aromatic N) is 2. The number of benzene rings is 3. The number of hydrogen-bond acceptors (Lipinski definition) is 5. The van der Waals surface area contributed by atoms with Crippen LogP contribution in [-0.2, 0) is 26.0 Å². The van der Waals surface area contributed by atoms with Gasteiger partial charge in [0.25, 0.3) is 10.0 Å². The van der Waals surface area contributed by atoms with E-state index in [0.717, 1.165) is 21.9 Å². The van der Waals surface area contributed by atoms with Crippen LogP contribution in [0.4, 0.5) is 5.69 Å². The largest absolute Gasteiger partial charge is 0.495 e. The van der Waals surface area contributed by atoms with Crippen molar-refractivity contribution >= 4 is 27.5 Å². The SMILES string of the molecule is CC[C@H](C(=O)N[C@@H](C)CC)N(CCc1ccccc1)C(=O)CN(c1cc(C)ccc1OC)S(=O)(=O)c1ccccc1. The fraction of sp³-hybridized carbons (Fsp3) is 0.375. The average Bonchev–Trinajstić information content (AvgIpc) is 2.98. The Morgan fingerprint density at radius 1 is 0.927 bits per heavy atom. The molecule has 0 radical (unpaired) electrons. The Hall–Kier alpha value is -3.85. The van der Waals surface area contributed by atoms with Gasteiger partial charge in [0.1, 0.15) is 18.3 Å². The van der Waals surface area contributed by atoms with Crippen molar-refractivity contribution in [1.29, 1.82) is 0 Å². The Morgan fingerprint density at radius 2 is 1.56 bits per heavy atom. The molecule has 0 aliphatic heterocycles. The van der Waals surface area contributed by atoms with Crippen LogP contribution in [0.3, 0.4) is 0 Å². The van der Waals surface area contributed by atoms with Crippen molar-refractivity contribution in [2.45, 2.75) is 63.9 Å². The second-order valence-electron chi connectivity index (χ2n) is 10.1. The van der Waals surface area contributed by atoms with E-state index in [-0.39, 0.29) is 29.1 Å². The van der Waals surface area contributed by atoms with Crippen molar-refractivity contribution < 1.29 is 22.7 Å². The van der Waals surface area contributed by atoms with Crippen molar-refractivity contribution in [2.24, 2.45) is 0 Å². The summed E-state index contributed by atoms with van der Waals surface area (Å²) >= 11 is 0. The van der Waals surface area contributed by atoms with E-state index >= 15 is 0 Å². The number of carbonyl (C=O) groups is 2. The van der Waals surface area contributed by atoms with Gasteiger partial charge < -0.3 is 15.0 Å². The smallest absolute Gasteiger partial charge is 0.264 e. The summed E-state index contributed by atoms with van der Waals surface area (Å²) in [7, 11) is -2.71. The molecule has 0 aromatic heterocycles. The summed E-state index contributed by atoms with van der Waals surface area (Å²) in [5.74, 6) is -0.413. The van der Waals surface area contributed by atoms with Gasteiger partial charge in [0, 0.05) is 12.6 Å². The topological polar surface area (TPSA) is 96.0 Å². The predicted octanol–water partition coefficient (Wildman–Crippen LogP) is 4.96. The molecule has 0 heterocycles. The number of rotatable bonds is 14. The first-order valence-corrected chi connectivity index (χ1v) is 15.4. The summed E-state index contributed by atoms with van der Waals surface area (Å²) in [6.45, 7) is 7.34. The molecule has 0 fully saturated rings. The van der Waals surface area contributed by atoms with E-state index in [0.29, 0.717) is 18.6 Å². The molecule has 0 aliphatic rings. The van der Waals surface area contributed by atoms with E-state index in [2.05, 4.69) is 5.32 Å². The number of nitrogens with one attached hydrogen (secondary N) is 1. The van der Waals surface area contributed by atoms with Gasteiger partial charge in [-0.3, -0.25) is 13.9 Å². The number of ether oxygens (including phenoxy) is 1. The third kappa shape index (κ3) is 8.10. The fourth-order valence-electron chi connectivity index (χ4n) is 4.56. The molecule has 0 saturated carbocycles. The first-order valence-electron chi connectivity index (χ1n) is 14.0. The van der Waals surface area contributed by atoms with Crippen LogP contribution in [0, 0.1) is 6.92 Å². The molecule has 3 aromatic rings. The van der Waals surface area contributed by atoms with Crippen LogP contribution >= 0.6 is 0 Å². The van der Waals surface area contributed by atoms with Crippen LogP contribution in [0.1, 0.15) is 44.7 Å². The Morgan fingerprint density at radius 3 is 2.15 bits per heavy atom. The van der Waals surface area contributed by atoms with Gasteiger partial charge >= 0.3 is 0 Å². The molecule has 8 nitrogen and oxygen atoms in total. The summed E-state index contributed by atoms with van der Waals surface area (Å²) in [4.78, 5) is 29.1. The van der Waals surface area contributed by atoms with Gasteiger partial charge in [-0.25, -0.2) is 8.42 Å². The fourth-order valence-corrected chi connectivity index (χ4v) is 6.00. The molecule has 0 bridgehead atoms. The van der Waals surface area contributed by atoms with Crippen LogP contribution in [-0.4, -0.2) is 57.4 Å². The van der Waals surface area contributed by atoms with Crippen molar-refractivity contribution in [3.05, 3.63) is 90.0 Å². The molecule has 0 spiro atoms. The highest BCUT2D eigenvalue weighted by molar-refractivity contribution is 7.92. The average molecular weight is 580 g/mol. The molecule has 0 aliphatic carbocycles. The maximum Gasteiger partial charge on any atom is 0.264 e. The molecule has 3 aromatic carbocycles. The normalized spacial score (nSPS) is 12.7. The summed E-state index contributed by atoms with van der Waals surface area (Å²) in [5, 5.41) is 3.00. The van der Waals surface area contributed by atoms with Crippen LogP contribution < -0.4 is 14.4 Å². The van der Waals surface area contributed by atoms with Crippen molar-refractivity contribution in [2.75, 3.05) is 24.5 Å². The molecule has 3 rings (SSSR count). The highest BCUT2D eigenvalue weighted by Gasteiger charge is 2.34. The van der Waals surface area contributed by atoms with E-state index < -0.39 is 28.5 Å². The minimum atomic E-state index is -4.17. The monoisotopic (exact) mass is 579 g/mol. The maximum absolute atomic E-state index is 14.2. The van der Waals surface area contributed by atoms with E-state index in [9.17, 15) is 18.0 Å². The quantitative estimate of drug-likeness (QED) is 0.291. The molecule has 0 unspecified atom stereocenters. The van der Waals surface area contributed by atoms with E-state index in [1.54, 1.807) is 30.3 Å². The number of anilines is 1. The first kappa shape index (κ1) is 31.7. The van der Waals surface area contributed by atoms with E-state index in [1.165, 1.54) is 24.1 Å². The second kappa shape index (κ2) is 14.7. The third-order valence-electron chi connectivity index (χ3n) is 7.08. The van der Waals surface area contributed by atoms with E-state index in [1.807, 2.05) is 64.1 Å². The van der Waals surface area contributed by atoms with Crippen LogP contribution in [0.15, 0.2) is 83.8 Å². The lowest BCUT2D eigenvalue weighted by molar-refractivity contribution is -0.139. The Labute approximate surface area is 244 Å². The lowest BCUT2D eigenvalue weighted by atomic mass is 10.1. The van der Waals surface area contributed by atoms with Crippen LogP contribution in [0.2, 0.25) is 0 Å². The number of amides is 2. The van der Waals surface area contributed by atoms with Gasteiger partial charge in [0.2, 0.25) is 11.8 Å². The summed E-state index contributed by atoms with van der Waals surface area (Å²) in [6, 6.07) is 22.1. The summed E-state index contributed by atoms with van der Waals surface area (Å²) in [5.41, 5.74) is 2.07. The van der Waals surface area contributed by atoms with Crippen molar-refractivity contribution in [1.82, 2.24) is 10.2 Å². The van der Waals surface area contributed by atoms with E-state index in [4.69, 9.17) is 4.74 Å². The zero-order chi connectivity index (χ0) is 30.0. The van der Waals surface area contributed by atoms with Gasteiger partial charge in [0.05, 0.1) is 17.7 Å². The number of hydrogen-bond donors (Lipinski definition) is 1. The zero-order valence-electron chi connectivity index (χ0n) is 24.5. The Balaban J connectivity index is 2.06. The second-order valence-corrected chi connectivity index (χ2v) is 11.9. The number of aryl methyl sites for hydroxylation is 1. The number of sulfonamides is 1. The standard InChI is InChI=1S/C32H41N3O5S/c1-6-25(4)33-32(37)28(7-2)34(21-20-26-14-10-8-11-15-26)31(36)23-35(29-22-24(3)18-19-30(29)40-5)41(38,39)27-16-12-9-13-17-27/h8-19,22,25,28H,6-7,20-21,23H2,1-5H3,(H,33,37)/t25-,28+/m0/s1. The van der Waals surface area contributed by atoms with Crippen LogP contribution in [0.25, 0.3) is 0 Å². The van der Waals surface area contributed by atoms with Gasteiger partial charge in [-0.1, -0.05) is 68.4 Å². The zero-order valence-corrected chi connectivity index (χ0v) is 25.4. The summed E-state index contributed by atoms with van der Waals surface area (Å²) < 4.78 is 34.7. The Kier molecular flexibility index (Phi) is 11.3. The van der Waals surface area contributed by atoms with Crippen LogP contribution in [0.5, 0.6) is 5.75 Å².